The maximum atomic E-state index is 12.7. The summed E-state index contributed by atoms with van der Waals surface area (Å²) in [5.74, 6) is 0.141. The Bertz CT molecular complexity index is 1030. The number of para-hydroxylation sites is 2. The van der Waals surface area contributed by atoms with E-state index in [2.05, 4.69) is 0 Å². The standard InChI is InChI=1S/C21H12N2O3/c22-13-14-9-11-15(12-10-14)26-19-8-4-3-7-18(19)23-20(24)16-5-1-2-6-17(16)21(23)25/h1-12H. The van der Waals surface area contributed by atoms with E-state index in [1.165, 1.54) is 0 Å². The summed E-state index contributed by atoms with van der Waals surface area (Å²) >= 11 is 0. The molecule has 3 aromatic rings. The van der Waals surface area contributed by atoms with E-state index in [-0.39, 0.29) is 11.8 Å². The molecule has 5 heteroatoms. The number of anilines is 1. The van der Waals surface area contributed by atoms with Crippen LogP contribution in [0.2, 0.25) is 0 Å². The van der Waals surface area contributed by atoms with Crippen molar-refractivity contribution in [1.29, 1.82) is 5.26 Å². The van der Waals surface area contributed by atoms with Crippen LogP contribution in [0.25, 0.3) is 0 Å². The molecule has 0 aromatic heterocycles. The summed E-state index contributed by atoms with van der Waals surface area (Å²) in [6.07, 6.45) is 0. The third-order valence-electron chi connectivity index (χ3n) is 4.11. The molecule has 1 aliphatic heterocycles. The van der Waals surface area contributed by atoms with E-state index in [0.29, 0.717) is 33.9 Å². The minimum Gasteiger partial charge on any atom is -0.455 e. The number of hydrogen-bond donors (Lipinski definition) is 0. The highest BCUT2D eigenvalue weighted by atomic mass is 16.5. The third-order valence-corrected chi connectivity index (χ3v) is 4.11. The first kappa shape index (κ1) is 15.6. The number of rotatable bonds is 3. The van der Waals surface area contributed by atoms with Crippen molar-refractivity contribution in [3.05, 3.63) is 89.5 Å². The quantitative estimate of drug-likeness (QED) is 0.672. The minimum absolute atomic E-state index is 0.374. The highest BCUT2D eigenvalue weighted by Crippen LogP contribution is 2.36. The maximum Gasteiger partial charge on any atom is 0.266 e. The molecule has 0 N–H and O–H groups in total. The van der Waals surface area contributed by atoms with Gasteiger partial charge in [0, 0.05) is 0 Å². The van der Waals surface area contributed by atoms with Crippen molar-refractivity contribution < 1.29 is 14.3 Å². The zero-order chi connectivity index (χ0) is 18.1. The van der Waals surface area contributed by atoms with Crippen LogP contribution >= 0.6 is 0 Å². The van der Waals surface area contributed by atoms with Gasteiger partial charge in [0.05, 0.1) is 28.4 Å². The molecule has 5 nitrogen and oxygen atoms in total. The minimum atomic E-state index is -0.374. The Morgan fingerprint density at radius 2 is 1.35 bits per heavy atom. The normalized spacial score (nSPS) is 12.7. The molecule has 4 rings (SSSR count). The van der Waals surface area contributed by atoms with Gasteiger partial charge in [0.15, 0.2) is 5.75 Å². The second-order valence-electron chi connectivity index (χ2n) is 5.70. The summed E-state index contributed by atoms with van der Waals surface area (Å²) in [5.41, 5.74) is 1.66. The van der Waals surface area contributed by atoms with E-state index >= 15 is 0 Å². The van der Waals surface area contributed by atoms with Crippen molar-refractivity contribution in [3.63, 3.8) is 0 Å². The molecule has 0 fully saturated rings. The fourth-order valence-corrected chi connectivity index (χ4v) is 2.86. The van der Waals surface area contributed by atoms with Crippen molar-refractivity contribution in [2.45, 2.75) is 0 Å². The molecular weight excluding hydrogens is 328 g/mol. The topological polar surface area (TPSA) is 70.4 Å². The van der Waals surface area contributed by atoms with Crippen LogP contribution in [0.4, 0.5) is 5.69 Å². The van der Waals surface area contributed by atoms with Gasteiger partial charge in [0.1, 0.15) is 5.75 Å². The maximum absolute atomic E-state index is 12.7. The van der Waals surface area contributed by atoms with Crippen molar-refractivity contribution in [2.24, 2.45) is 0 Å². The third kappa shape index (κ3) is 2.50. The SMILES string of the molecule is N#Cc1ccc(Oc2ccccc2N2C(=O)c3ccccc3C2=O)cc1. The predicted molar refractivity (Wildman–Crippen MR) is 95.3 cm³/mol. The Balaban J connectivity index is 1.72. The van der Waals surface area contributed by atoms with Crippen LogP contribution in [0, 0.1) is 11.3 Å². The molecule has 0 bridgehead atoms. The molecule has 1 aliphatic rings. The molecule has 0 radical (unpaired) electrons. The molecule has 26 heavy (non-hydrogen) atoms. The van der Waals surface area contributed by atoms with Crippen molar-refractivity contribution in [1.82, 2.24) is 0 Å². The Hall–Kier alpha value is -3.91. The molecule has 0 spiro atoms. The Kier molecular flexibility index (Phi) is 3.71. The monoisotopic (exact) mass is 340 g/mol. The smallest absolute Gasteiger partial charge is 0.266 e. The number of carbonyl (C=O) groups excluding carboxylic acids is 2. The summed E-state index contributed by atoms with van der Waals surface area (Å²) in [7, 11) is 0. The average molecular weight is 340 g/mol. The molecule has 3 aromatic carbocycles. The van der Waals surface area contributed by atoms with Gasteiger partial charge >= 0.3 is 0 Å². The lowest BCUT2D eigenvalue weighted by Gasteiger charge is -2.18. The number of amides is 2. The van der Waals surface area contributed by atoms with Crippen LogP contribution in [0.1, 0.15) is 26.3 Å². The van der Waals surface area contributed by atoms with Gasteiger partial charge in [-0.1, -0.05) is 24.3 Å². The Morgan fingerprint density at radius 1 is 0.769 bits per heavy atom. The first-order valence-electron chi connectivity index (χ1n) is 7.94. The summed E-state index contributed by atoms with van der Waals surface area (Å²) < 4.78 is 5.86. The first-order valence-corrected chi connectivity index (χ1v) is 7.94. The van der Waals surface area contributed by atoms with Gasteiger partial charge in [-0.25, -0.2) is 4.90 Å². The predicted octanol–water partition coefficient (Wildman–Crippen LogP) is 4.15. The number of carbonyl (C=O) groups is 2. The molecule has 0 unspecified atom stereocenters. The number of ether oxygens (including phenoxy) is 1. The fourth-order valence-electron chi connectivity index (χ4n) is 2.86. The second kappa shape index (κ2) is 6.19. The fraction of sp³-hybridized carbons (Fsp3) is 0. The van der Waals surface area contributed by atoms with Gasteiger partial charge in [-0.2, -0.15) is 5.26 Å². The molecule has 1 heterocycles. The summed E-state index contributed by atoms with van der Waals surface area (Å²) in [5, 5.41) is 8.88. The van der Waals surface area contributed by atoms with Crippen LogP contribution in [-0.2, 0) is 0 Å². The number of nitriles is 1. The van der Waals surface area contributed by atoms with Crippen LogP contribution in [0.5, 0.6) is 11.5 Å². The lowest BCUT2D eigenvalue weighted by Crippen LogP contribution is -2.29. The number of fused-ring (bicyclic) bond motifs is 1. The van der Waals surface area contributed by atoms with Crippen molar-refractivity contribution in [2.75, 3.05) is 4.90 Å². The molecule has 0 saturated carbocycles. The largest absolute Gasteiger partial charge is 0.455 e. The van der Waals surface area contributed by atoms with E-state index in [0.717, 1.165) is 4.90 Å². The zero-order valence-corrected chi connectivity index (χ0v) is 13.5. The second-order valence-corrected chi connectivity index (χ2v) is 5.70. The van der Waals surface area contributed by atoms with E-state index in [1.807, 2.05) is 6.07 Å². The van der Waals surface area contributed by atoms with Gasteiger partial charge in [-0.15, -0.1) is 0 Å². The molecule has 2 amide bonds. The van der Waals surface area contributed by atoms with Crippen molar-refractivity contribution in [3.8, 4) is 17.6 Å². The van der Waals surface area contributed by atoms with Gasteiger partial charge in [0.2, 0.25) is 0 Å². The van der Waals surface area contributed by atoms with E-state index in [9.17, 15) is 9.59 Å². The summed E-state index contributed by atoms with van der Waals surface area (Å²) in [6.45, 7) is 0. The molecule has 124 valence electrons. The number of hydrogen-bond acceptors (Lipinski definition) is 4. The molecule has 0 saturated heterocycles. The van der Waals surface area contributed by atoms with Crippen LogP contribution in [-0.4, -0.2) is 11.8 Å². The number of imide groups is 1. The van der Waals surface area contributed by atoms with Crippen LogP contribution in [0.3, 0.4) is 0 Å². The number of benzene rings is 3. The zero-order valence-electron chi connectivity index (χ0n) is 13.5. The van der Waals surface area contributed by atoms with E-state index in [4.69, 9.17) is 10.00 Å². The van der Waals surface area contributed by atoms with E-state index < -0.39 is 0 Å². The van der Waals surface area contributed by atoms with Crippen LogP contribution < -0.4 is 9.64 Å². The Morgan fingerprint density at radius 3 is 1.96 bits per heavy atom. The highest BCUT2D eigenvalue weighted by molar-refractivity contribution is 6.34. The van der Waals surface area contributed by atoms with Gasteiger partial charge in [-0.05, 0) is 48.5 Å². The van der Waals surface area contributed by atoms with Gasteiger partial charge in [0.25, 0.3) is 11.8 Å². The lowest BCUT2D eigenvalue weighted by molar-refractivity contribution is 0.0925. The van der Waals surface area contributed by atoms with Gasteiger partial charge < -0.3 is 4.74 Å². The first-order chi connectivity index (χ1) is 12.7. The number of nitrogens with zero attached hydrogens (tertiary/aromatic N) is 2. The summed E-state index contributed by atoms with van der Waals surface area (Å²) in [6, 6.07) is 22.2. The average Bonchev–Trinajstić information content (AvgIpc) is 2.94. The summed E-state index contributed by atoms with van der Waals surface area (Å²) in [4.78, 5) is 26.5. The van der Waals surface area contributed by atoms with Gasteiger partial charge in [-0.3, -0.25) is 9.59 Å². The molecule has 0 atom stereocenters. The highest BCUT2D eigenvalue weighted by Gasteiger charge is 2.37. The lowest BCUT2D eigenvalue weighted by atomic mass is 10.1. The van der Waals surface area contributed by atoms with Crippen LogP contribution in [0.15, 0.2) is 72.8 Å². The Labute approximate surface area is 149 Å². The molecular formula is C21H12N2O3. The van der Waals surface area contributed by atoms with E-state index in [1.54, 1.807) is 72.8 Å². The molecule has 0 aliphatic carbocycles. The van der Waals surface area contributed by atoms with Crippen molar-refractivity contribution >= 4 is 17.5 Å².